The minimum Gasteiger partial charge on any atom is -0.384 e. The molecule has 35 heavy (non-hydrogen) atoms. The van der Waals surface area contributed by atoms with Crippen molar-refractivity contribution in [1.29, 1.82) is 0 Å². The molecule has 0 spiro atoms. The largest absolute Gasteiger partial charge is 0.384 e. The first kappa shape index (κ1) is 23.1. The van der Waals surface area contributed by atoms with Crippen molar-refractivity contribution >= 4 is 17.6 Å². The third-order valence-electron chi connectivity index (χ3n) is 7.17. The smallest absolute Gasteiger partial charge is 0.243 e. The summed E-state index contributed by atoms with van der Waals surface area (Å²) in [5.74, 6) is 0.624. The van der Waals surface area contributed by atoms with Crippen LogP contribution in [-0.2, 0) is 16.1 Å². The zero-order chi connectivity index (χ0) is 24.4. The first-order valence-electron chi connectivity index (χ1n) is 12.2. The van der Waals surface area contributed by atoms with Gasteiger partial charge in [-0.1, -0.05) is 60.7 Å². The Morgan fingerprint density at radius 1 is 1.09 bits per heavy atom. The van der Waals surface area contributed by atoms with Crippen LogP contribution in [0.5, 0.6) is 0 Å². The number of amides is 2. The van der Waals surface area contributed by atoms with Crippen molar-refractivity contribution in [3.8, 4) is 11.1 Å². The molecule has 2 aliphatic heterocycles. The summed E-state index contributed by atoms with van der Waals surface area (Å²) in [4.78, 5) is 32.0. The van der Waals surface area contributed by atoms with Gasteiger partial charge in [0.2, 0.25) is 11.8 Å². The minimum atomic E-state index is -0.410. The van der Waals surface area contributed by atoms with Gasteiger partial charge in [0.15, 0.2) is 0 Å². The van der Waals surface area contributed by atoms with Gasteiger partial charge >= 0.3 is 0 Å². The lowest BCUT2D eigenvalue weighted by Crippen LogP contribution is -2.61. The van der Waals surface area contributed by atoms with Crippen molar-refractivity contribution in [3.63, 3.8) is 0 Å². The zero-order valence-electron chi connectivity index (χ0n) is 19.9. The number of anilines is 1. The molecule has 0 radical (unpaired) electrons. The Labute approximate surface area is 205 Å². The summed E-state index contributed by atoms with van der Waals surface area (Å²) in [6.45, 7) is 3.61. The molecule has 3 heterocycles. The maximum atomic E-state index is 13.2. The van der Waals surface area contributed by atoms with Gasteiger partial charge < -0.3 is 21.3 Å². The molecule has 0 bridgehead atoms. The average molecular weight is 470 g/mol. The zero-order valence-corrected chi connectivity index (χ0v) is 19.9. The van der Waals surface area contributed by atoms with Crippen LogP contribution in [0, 0.1) is 6.92 Å². The minimum absolute atomic E-state index is 0.0171. The highest BCUT2D eigenvalue weighted by Crippen LogP contribution is 2.31. The van der Waals surface area contributed by atoms with Crippen LogP contribution >= 0.6 is 0 Å². The fourth-order valence-electron chi connectivity index (χ4n) is 5.00. The van der Waals surface area contributed by atoms with Crippen LogP contribution in [0.3, 0.4) is 0 Å². The molecule has 0 aliphatic carbocycles. The SMILES string of the molecule is Cc1nc(N)ccc1CNC(=O)[C@@H]1CCN1C(=O)[C@H]1C[C@H](c2cccc(-c3ccccc3)c2)CN1. The summed E-state index contributed by atoms with van der Waals surface area (Å²) in [6, 6.07) is 21.8. The van der Waals surface area contributed by atoms with Gasteiger partial charge in [0, 0.05) is 25.3 Å². The maximum Gasteiger partial charge on any atom is 0.243 e. The van der Waals surface area contributed by atoms with Crippen molar-refractivity contribution in [3.05, 3.63) is 83.6 Å². The van der Waals surface area contributed by atoms with Gasteiger partial charge in [-0.2, -0.15) is 0 Å². The summed E-state index contributed by atoms with van der Waals surface area (Å²) in [5, 5.41) is 6.36. The third-order valence-corrected chi connectivity index (χ3v) is 7.17. The fraction of sp³-hybridized carbons (Fsp3) is 0.321. The van der Waals surface area contributed by atoms with E-state index in [1.807, 2.05) is 31.2 Å². The Bertz CT molecular complexity index is 1230. The van der Waals surface area contributed by atoms with Crippen molar-refractivity contribution in [2.45, 2.75) is 44.3 Å². The number of aromatic nitrogens is 1. The predicted molar refractivity (Wildman–Crippen MR) is 136 cm³/mol. The molecule has 2 aromatic carbocycles. The molecule has 2 aliphatic rings. The number of pyridine rings is 1. The lowest BCUT2D eigenvalue weighted by molar-refractivity contribution is -0.148. The second-order valence-electron chi connectivity index (χ2n) is 9.42. The highest BCUT2D eigenvalue weighted by atomic mass is 16.2. The van der Waals surface area contributed by atoms with Crippen LogP contribution < -0.4 is 16.4 Å². The van der Waals surface area contributed by atoms with E-state index in [0.717, 1.165) is 24.2 Å². The lowest BCUT2D eigenvalue weighted by atomic mass is 9.92. The van der Waals surface area contributed by atoms with Crippen molar-refractivity contribution < 1.29 is 9.59 Å². The number of likely N-dealkylation sites (tertiary alicyclic amines) is 1. The molecule has 2 fully saturated rings. The molecule has 7 nitrogen and oxygen atoms in total. The average Bonchev–Trinajstić information content (AvgIpc) is 3.34. The van der Waals surface area contributed by atoms with Crippen LogP contribution in [0.15, 0.2) is 66.7 Å². The normalized spacial score (nSPS) is 21.4. The first-order chi connectivity index (χ1) is 17.0. The number of carbonyl (C=O) groups excluding carboxylic acids is 2. The van der Waals surface area contributed by atoms with Gasteiger partial charge in [-0.25, -0.2) is 4.98 Å². The van der Waals surface area contributed by atoms with Gasteiger partial charge in [0.1, 0.15) is 11.9 Å². The Morgan fingerprint density at radius 2 is 1.89 bits per heavy atom. The van der Waals surface area contributed by atoms with Crippen molar-refractivity contribution in [2.24, 2.45) is 0 Å². The lowest BCUT2D eigenvalue weighted by Gasteiger charge is -2.41. The van der Waals surface area contributed by atoms with E-state index in [-0.39, 0.29) is 23.8 Å². The van der Waals surface area contributed by atoms with E-state index in [1.54, 1.807) is 11.0 Å². The molecule has 0 unspecified atom stereocenters. The highest BCUT2D eigenvalue weighted by Gasteiger charge is 2.42. The van der Waals surface area contributed by atoms with Crippen LogP contribution in [0.25, 0.3) is 11.1 Å². The van der Waals surface area contributed by atoms with Crippen LogP contribution in [0.1, 0.15) is 35.6 Å². The fourth-order valence-corrected chi connectivity index (χ4v) is 5.00. The van der Waals surface area contributed by atoms with E-state index in [0.29, 0.717) is 25.3 Å². The molecule has 3 atom stereocenters. The number of nitrogens with two attached hydrogens (primary N) is 1. The molecule has 7 heteroatoms. The Morgan fingerprint density at radius 3 is 2.63 bits per heavy atom. The topological polar surface area (TPSA) is 100 Å². The second kappa shape index (κ2) is 9.88. The van der Waals surface area contributed by atoms with Gasteiger partial charge in [0.25, 0.3) is 0 Å². The molecule has 1 aromatic heterocycles. The number of benzene rings is 2. The van der Waals surface area contributed by atoms with Gasteiger partial charge in [-0.15, -0.1) is 0 Å². The highest BCUT2D eigenvalue weighted by molar-refractivity contribution is 5.91. The number of nitrogens with zero attached hydrogens (tertiary/aromatic N) is 2. The molecule has 3 aromatic rings. The second-order valence-corrected chi connectivity index (χ2v) is 9.42. The summed E-state index contributed by atoms with van der Waals surface area (Å²) < 4.78 is 0. The number of carbonyl (C=O) groups is 2. The van der Waals surface area contributed by atoms with E-state index in [9.17, 15) is 9.59 Å². The number of aryl methyl sites for hydroxylation is 1. The van der Waals surface area contributed by atoms with Gasteiger partial charge in [-0.3, -0.25) is 9.59 Å². The van der Waals surface area contributed by atoms with Crippen molar-refractivity contribution in [2.75, 3.05) is 18.8 Å². The van der Waals surface area contributed by atoms with E-state index < -0.39 is 6.04 Å². The predicted octanol–water partition coefficient (Wildman–Crippen LogP) is 3.00. The molecule has 2 amide bonds. The molecule has 0 saturated carbocycles. The Kier molecular flexibility index (Phi) is 6.51. The summed E-state index contributed by atoms with van der Waals surface area (Å²) in [7, 11) is 0. The number of nitrogens with one attached hydrogen (secondary N) is 2. The standard InChI is InChI=1S/C28H31N5O2/c1-18-22(10-11-26(29)32-18)16-31-27(34)25-12-13-33(25)28(35)24-15-23(17-30-24)21-9-5-8-20(14-21)19-6-3-2-4-7-19/h2-11,14,23-25,30H,12-13,15-17H2,1H3,(H2,29,32)(H,31,34)/t23-,24+,25-/m0/s1. The summed E-state index contributed by atoms with van der Waals surface area (Å²) in [5.41, 5.74) is 11.0. The molecule has 5 rings (SSSR count). The van der Waals surface area contributed by atoms with E-state index in [4.69, 9.17) is 5.73 Å². The molecular formula is C28H31N5O2. The van der Waals surface area contributed by atoms with Crippen LogP contribution in [0.4, 0.5) is 5.82 Å². The monoisotopic (exact) mass is 469 g/mol. The Balaban J connectivity index is 1.18. The molecular weight excluding hydrogens is 438 g/mol. The van der Waals surface area contributed by atoms with Gasteiger partial charge in [-0.05, 0) is 54.0 Å². The third kappa shape index (κ3) is 4.91. The molecule has 4 N–H and O–H groups in total. The molecule has 180 valence electrons. The molecule has 2 saturated heterocycles. The van der Waals surface area contributed by atoms with Crippen molar-refractivity contribution in [1.82, 2.24) is 20.5 Å². The first-order valence-corrected chi connectivity index (χ1v) is 12.2. The van der Waals surface area contributed by atoms with Crippen LogP contribution in [-0.4, -0.2) is 46.9 Å². The number of rotatable bonds is 6. The number of hydrogen-bond acceptors (Lipinski definition) is 5. The van der Waals surface area contributed by atoms with Crippen LogP contribution in [0.2, 0.25) is 0 Å². The quantitative estimate of drug-likeness (QED) is 0.515. The van der Waals surface area contributed by atoms with Gasteiger partial charge in [0.05, 0.1) is 6.04 Å². The van der Waals surface area contributed by atoms with E-state index >= 15 is 0 Å². The number of hydrogen-bond donors (Lipinski definition) is 3. The number of nitrogen functional groups attached to an aromatic ring is 1. The maximum absolute atomic E-state index is 13.2. The Hall–Kier alpha value is -3.71. The van der Waals surface area contributed by atoms with E-state index in [1.165, 1.54) is 16.7 Å². The summed E-state index contributed by atoms with van der Waals surface area (Å²) in [6.07, 6.45) is 1.42. The van der Waals surface area contributed by atoms with E-state index in [2.05, 4.69) is 52.0 Å². The summed E-state index contributed by atoms with van der Waals surface area (Å²) >= 11 is 0.